The Bertz CT molecular complexity index is 1210. The Balaban J connectivity index is 1.29. The number of likely N-dealkylation sites (N-methyl/N-ethyl adjacent to an activating group) is 1. The van der Waals surface area contributed by atoms with E-state index in [-0.39, 0.29) is 29.9 Å². The number of halogens is 1. The second-order valence-electron chi connectivity index (χ2n) is 9.02. The van der Waals surface area contributed by atoms with Crippen LogP contribution in [0.1, 0.15) is 50.1 Å². The zero-order valence-electron chi connectivity index (χ0n) is 18.4. The SMILES string of the molecule is CN1CCc2nc(C(=O)N[C@@H]3CC(N)CC[C@@H]3NC(=O)c3cc4cc(Cl)ccc4[nH]3)sc2C1. The summed E-state index contributed by atoms with van der Waals surface area (Å²) >= 11 is 7.51. The van der Waals surface area contributed by atoms with Gasteiger partial charge in [-0.3, -0.25) is 9.59 Å². The van der Waals surface area contributed by atoms with Gasteiger partial charge in [0.1, 0.15) is 5.69 Å². The van der Waals surface area contributed by atoms with Gasteiger partial charge in [-0.2, -0.15) is 0 Å². The van der Waals surface area contributed by atoms with E-state index >= 15 is 0 Å². The molecular formula is C23H27ClN6O2S. The van der Waals surface area contributed by atoms with E-state index in [4.69, 9.17) is 17.3 Å². The molecule has 10 heteroatoms. The molecule has 2 aliphatic rings. The van der Waals surface area contributed by atoms with E-state index in [2.05, 4.69) is 32.5 Å². The Labute approximate surface area is 200 Å². The van der Waals surface area contributed by atoms with Crippen LogP contribution < -0.4 is 16.4 Å². The lowest BCUT2D eigenvalue weighted by atomic mass is 9.87. The molecule has 3 aromatic rings. The predicted molar refractivity (Wildman–Crippen MR) is 130 cm³/mol. The molecule has 0 spiro atoms. The van der Waals surface area contributed by atoms with E-state index in [1.54, 1.807) is 12.1 Å². The van der Waals surface area contributed by atoms with Crippen LogP contribution >= 0.6 is 22.9 Å². The molecule has 33 heavy (non-hydrogen) atoms. The van der Waals surface area contributed by atoms with Crippen molar-refractivity contribution in [2.45, 2.75) is 50.4 Å². The van der Waals surface area contributed by atoms with Gasteiger partial charge in [0.2, 0.25) is 0 Å². The van der Waals surface area contributed by atoms with Gasteiger partial charge in [-0.15, -0.1) is 11.3 Å². The Kier molecular flexibility index (Phi) is 6.13. The number of hydrogen-bond donors (Lipinski definition) is 4. The van der Waals surface area contributed by atoms with Gasteiger partial charge in [0, 0.05) is 52.4 Å². The monoisotopic (exact) mass is 486 g/mol. The van der Waals surface area contributed by atoms with Gasteiger partial charge in [-0.05, 0) is 50.6 Å². The number of thiazole rings is 1. The number of nitrogens with zero attached hydrogens (tertiary/aromatic N) is 2. The number of rotatable bonds is 4. The van der Waals surface area contributed by atoms with Crippen LogP contribution in [0.4, 0.5) is 0 Å². The summed E-state index contributed by atoms with van der Waals surface area (Å²) in [6, 6.07) is 6.75. The summed E-state index contributed by atoms with van der Waals surface area (Å²) in [4.78, 5) is 37.1. The second kappa shape index (κ2) is 9.06. The van der Waals surface area contributed by atoms with Crippen molar-refractivity contribution in [1.82, 2.24) is 25.5 Å². The van der Waals surface area contributed by atoms with Crippen LogP contribution in [0.3, 0.4) is 0 Å². The van der Waals surface area contributed by atoms with Gasteiger partial charge in [0.25, 0.3) is 11.8 Å². The molecule has 0 radical (unpaired) electrons. The number of aromatic amines is 1. The minimum atomic E-state index is -0.257. The third-order valence-electron chi connectivity index (χ3n) is 6.47. The van der Waals surface area contributed by atoms with E-state index in [0.717, 1.165) is 47.4 Å². The number of amides is 2. The molecule has 3 atom stereocenters. The van der Waals surface area contributed by atoms with Crippen LogP contribution in [0.25, 0.3) is 10.9 Å². The molecule has 8 nitrogen and oxygen atoms in total. The van der Waals surface area contributed by atoms with E-state index in [1.165, 1.54) is 11.3 Å². The second-order valence-corrected chi connectivity index (χ2v) is 10.5. The lowest BCUT2D eigenvalue weighted by Crippen LogP contribution is -2.56. The van der Waals surface area contributed by atoms with Crippen molar-refractivity contribution in [3.05, 3.63) is 50.6 Å². The van der Waals surface area contributed by atoms with Gasteiger partial charge in [-0.1, -0.05) is 11.6 Å². The lowest BCUT2D eigenvalue weighted by molar-refractivity contribution is 0.0855. The van der Waals surface area contributed by atoms with Crippen molar-refractivity contribution in [2.75, 3.05) is 13.6 Å². The highest BCUT2D eigenvalue weighted by Gasteiger charge is 2.33. The summed E-state index contributed by atoms with van der Waals surface area (Å²) < 4.78 is 0. The van der Waals surface area contributed by atoms with Crippen LogP contribution in [0.15, 0.2) is 24.3 Å². The minimum absolute atomic E-state index is 0.0168. The Morgan fingerprint density at radius 2 is 2.03 bits per heavy atom. The highest BCUT2D eigenvalue weighted by atomic mass is 35.5. The average molecular weight is 487 g/mol. The first-order valence-corrected chi connectivity index (χ1v) is 12.4. The number of fused-ring (bicyclic) bond motifs is 2. The van der Waals surface area contributed by atoms with Crippen molar-refractivity contribution >= 4 is 45.7 Å². The number of H-pyrrole nitrogens is 1. The summed E-state index contributed by atoms with van der Waals surface area (Å²) in [5.74, 6) is -0.412. The van der Waals surface area contributed by atoms with Gasteiger partial charge in [0.05, 0.1) is 11.7 Å². The molecule has 2 amide bonds. The maximum atomic E-state index is 13.0. The summed E-state index contributed by atoms with van der Waals surface area (Å²) in [6.45, 7) is 1.77. The van der Waals surface area contributed by atoms with Crippen LogP contribution in [0.2, 0.25) is 5.02 Å². The van der Waals surface area contributed by atoms with E-state index in [1.807, 2.05) is 12.1 Å². The Morgan fingerprint density at radius 3 is 2.88 bits per heavy atom. The van der Waals surface area contributed by atoms with Gasteiger partial charge >= 0.3 is 0 Å². The molecule has 174 valence electrons. The van der Waals surface area contributed by atoms with E-state index in [9.17, 15) is 9.59 Å². The molecule has 5 rings (SSSR count). The van der Waals surface area contributed by atoms with Gasteiger partial charge in [-0.25, -0.2) is 4.98 Å². The first-order chi connectivity index (χ1) is 15.9. The number of hydrogen-bond acceptors (Lipinski definition) is 6. The molecule has 1 aliphatic heterocycles. The molecule has 1 unspecified atom stereocenters. The number of nitrogens with two attached hydrogens (primary N) is 1. The Morgan fingerprint density at radius 1 is 1.21 bits per heavy atom. The van der Waals surface area contributed by atoms with E-state index in [0.29, 0.717) is 28.6 Å². The number of carbonyl (C=O) groups is 2. The zero-order chi connectivity index (χ0) is 23.1. The molecule has 0 saturated heterocycles. The normalized spacial score (nSPS) is 23.3. The largest absolute Gasteiger partial charge is 0.351 e. The summed E-state index contributed by atoms with van der Waals surface area (Å²) in [5.41, 5.74) is 8.53. The third-order valence-corrected chi connectivity index (χ3v) is 7.78. The fraction of sp³-hybridized carbons (Fsp3) is 0.435. The number of carbonyl (C=O) groups excluding carboxylic acids is 2. The lowest BCUT2D eigenvalue weighted by Gasteiger charge is -2.35. The number of benzene rings is 1. The summed E-state index contributed by atoms with van der Waals surface area (Å²) in [6.07, 6.45) is 2.95. The molecule has 1 saturated carbocycles. The van der Waals surface area contributed by atoms with E-state index < -0.39 is 0 Å². The number of nitrogens with one attached hydrogen (secondary N) is 3. The fourth-order valence-electron chi connectivity index (χ4n) is 4.66. The van der Waals surface area contributed by atoms with Gasteiger partial charge in [0.15, 0.2) is 5.01 Å². The van der Waals surface area contributed by atoms with Crippen molar-refractivity contribution in [1.29, 1.82) is 0 Å². The fourth-order valence-corrected chi connectivity index (χ4v) is 5.93. The smallest absolute Gasteiger partial charge is 0.280 e. The number of aromatic nitrogens is 2. The standard InChI is InChI=1S/C23H27ClN6O2S/c1-30-7-6-17-20(11-30)33-23(29-17)22(32)28-18-10-14(25)3-5-16(18)27-21(31)19-9-12-8-13(24)2-4-15(12)26-19/h2,4,8-9,14,16,18,26H,3,5-7,10-11,25H2,1H3,(H,27,31)(H,28,32)/t14?,16-,18+/m0/s1. The maximum Gasteiger partial charge on any atom is 0.280 e. The summed E-state index contributed by atoms with van der Waals surface area (Å²) in [5, 5.41) is 8.17. The molecule has 1 aliphatic carbocycles. The third kappa shape index (κ3) is 4.77. The molecular weight excluding hydrogens is 460 g/mol. The van der Waals surface area contributed by atoms with Crippen molar-refractivity contribution in [2.24, 2.45) is 5.73 Å². The molecule has 2 aromatic heterocycles. The Hall–Kier alpha value is -2.46. The van der Waals surface area contributed by atoms with Crippen molar-refractivity contribution in [3.8, 4) is 0 Å². The zero-order valence-corrected chi connectivity index (χ0v) is 19.9. The molecule has 1 aromatic carbocycles. The van der Waals surface area contributed by atoms with Crippen molar-refractivity contribution < 1.29 is 9.59 Å². The van der Waals surface area contributed by atoms with Crippen LogP contribution in [-0.4, -0.2) is 58.4 Å². The predicted octanol–water partition coefficient (Wildman–Crippen LogP) is 2.67. The van der Waals surface area contributed by atoms with Gasteiger partial charge < -0.3 is 26.3 Å². The summed E-state index contributed by atoms with van der Waals surface area (Å²) in [7, 11) is 2.07. The molecule has 0 bridgehead atoms. The van der Waals surface area contributed by atoms with Crippen LogP contribution in [0.5, 0.6) is 0 Å². The first kappa shape index (κ1) is 22.3. The van der Waals surface area contributed by atoms with Crippen LogP contribution in [0, 0.1) is 0 Å². The first-order valence-electron chi connectivity index (χ1n) is 11.2. The highest BCUT2D eigenvalue weighted by molar-refractivity contribution is 7.13. The quantitative estimate of drug-likeness (QED) is 0.452. The average Bonchev–Trinajstić information content (AvgIpc) is 3.39. The molecule has 5 N–H and O–H groups in total. The molecule has 1 fully saturated rings. The molecule has 3 heterocycles. The topological polar surface area (TPSA) is 116 Å². The maximum absolute atomic E-state index is 13.0. The highest BCUT2D eigenvalue weighted by Crippen LogP contribution is 2.26. The minimum Gasteiger partial charge on any atom is -0.351 e. The van der Waals surface area contributed by atoms with Crippen LogP contribution in [-0.2, 0) is 13.0 Å². The van der Waals surface area contributed by atoms with Crippen molar-refractivity contribution in [3.63, 3.8) is 0 Å².